The lowest BCUT2D eigenvalue weighted by Crippen LogP contribution is -2.36. The SMILES string of the molecule is COc1ccc(S(=O)(=O)N(C)CC(=O)N/N=C/c2cc(Br)ccc2O)cc1. The number of nitrogens with one attached hydrogen (secondary N) is 1. The third-order valence-electron chi connectivity index (χ3n) is 3.52. The van der Waals surface area contributed by atoms with Crippen molar-refractivity contribution < 1.29 is 23.1 Å². The molecule has 0 aliphatic rings. The number of ether oxygens (including phenoxy) is 1. The van der Waals surface area contributed by atoms with E-state index in [9.17, 15) is 18.3 Å². The van der Waals surface area contributed by atoms with Gasteiger partial charge >= 0.3 is 0 Å². The number of methoxy groups -OCH3 is 1. The normalized spacial score (nSPS) is 11.7. The molecule has 0 saturated heterocycles. The summed E-state index contributed by atoms with van der Waals surface area (Å²) in [7, 11) is -1.05. The number of hydrogen-bond donors (Lipinski definition) is 2. The number of benzene rings is 2. The molecule has 10 heteroatoms. The fourth-order valence-corrected chi connectivity index (χ4v) is 3.56. The number of phenols is 1. The van der Waals surface area contributed by atoms with Crippen molar-refractivity contribution in [2.45, 2.75) is 4.90 Å². The maximum atomic E-state index is 12.5. The average molecular weight is 456 g/mol. The molecule has 0 saturated carbocycles. The van der Waals surface area contributed by atoms with Gasteiger partial charge in [0, 0.05) is 17.1 Å². The molecule has 0 aliphatic carbocycles. The zero-order valence-corrected chi connectivity index (χ0v) is 17.0. The number of hydrazone groups is 1. The van der Waals surface area contributed by atoms with Gasteiger partial charge in [-0.2, -0.15) is 9.41 Å². The Kier molecular flexibility index (Phi) is 6.94. The smallest absolute Gasteiger partial charge is 0.255 e. The van der Waals surface area contributed by atoms with Crippen molar-refractivity contribution in [3.05, 3.63) is 52.5 Å². The fraction of sp³-hybridized carbons (Fsp3) is 0.176. The molecule has 0 heterocycles. The van der Waals surface area contributed by atoms with E-state index in [2.05, 4.69) is 26.5 Å². The van der Waals surface area contributed by atoms with Gasteiger partial charge in [0.15, 0.2) is 0 Å². The van der Waals surface area contributed by atoms with E-state index in [4.69, 9.17) is 4.74 Å². The summed E-state index contributed by atoms with van der Waals surface area (Å²) in [6.07, 6.45) is 1.26. The second kappa shape index (κ2) is 8.98. The number of hydrogen-bond acceptors (Lipinski definition) is 6. The molecule has 144 valence electrons. The van der Waals surface area contributed by atoms with Gasteiger partial charge < -0.3 is 9.84 Å². The number of likely N-dealkylation sites (N-methyl/N-ethyl adjacent to an activating group) is 1. The van der Waals surface area contributed by atoms with Crippen molar-refractivity contribution in [3.8, 4) is 11.5 Å². The molecule has 2 N–H and O–H groups in total. The molecule has 2 rings (SSSR count). The zero-order chi connectivity index (χ0) is 20.0. The topological polar surface area (TPSA) is 108 Å². The standard InChI is InChI=1S/C17H18BrN3O5S/c1-21(27(24,25)15-6-4-14(26-2)5-7-15)11-17(23)20-19-10-12-9-13(18)3-8-16(12)22/h3-10,22H,11H2,1-2H3,(H,20,23)/b19-10+. The second-order valence-electron chi connectivity index (χ2n) is 5.43. The van der Waals surface area contributed by atoms with Gasteiger partial charge in [-0.1, -0.05) is 15.9 Å². The Morgan fingerprint density at radius 2 is 1.96 bits per heavy atom. The van der Waals surface area contributed by atoms with Crippen LogP contribution in [0.5, 0.6) is 11.5 Å². The molecule has 2 aromatic carbocycles. The first kappa shape index (κ1) is 20.9. The van der Waals surface area contributed by atoms with Gasteiger partial charge in [-0.15, -0.1) is 0 Å². The highest BCUT2D eigenvalue weighted by atomic mass is 79.9. The third-order valence-corrected chi connectivity index (χ3v) is 5.83. The molecule has 0 radical (unpaired) electrons. The molecule has 0 fully saturated rings. The Labute approximate surface area is 165 Å². The molecule has 0 unspecified atom stereocenters. The van der Waals surface area contributed by atoms with E-state index in [0.29, 0.717) is 11.3 Å². The summed E-state index contributed by atoms with van der Waals surface area (Å²) in [6.45, 7) is -0.420. The maximum Gasteiger partial charge on any atom is 0.255 e. The van der Waals surface area contributed by atoms with Gasteiger partial charge in [-0.25, -0.2) is 13.8 Å². The quantitative estimate of drug-likeness (QED) is 0.489. The van der Waals surface area contributed by atoms with Crippen LogP contribution in [-0.4, -0.2) is 50.7 Å². The molecular formula is C17H18BrN3O5S. The minimum absolute atomic E-state index is 0.00426. The number of aromatic hydroxyl groups is 1. The molecule has 8 nitrogen and oxygen atoms in total. The van der Waals surface area contributed by atoms with Crippen LogP contribution in [-0.2, 0) is 14.8 Å². The third kappa shape index (κ3) is 5.52. The Hall–Kier alpha value is -2.43. The van der Waals surface area contributed by atoms with Crippen LogP contribution in [0.1, 0.15) is 5.56 Å². The predicted octanol–water partition coefficient (Wildman–Crippen LogP) is 1.93. The van der Waals surface area contributed by atoms with E-state index in [1.165, 1.54) is 50.7 Å². The summed E-state index contributed by atoms with van der Waals surface area (Å²) in [5.74, 6) is -0.102. The van der Waals surface area contributed by atoms with E-state index >= 15 is 0 Å². The Bertz CT molecular complexity index is 946. The lowest BCUT2D eigenvalue weighted by molar-refractivity contribution is -0.121. The summed E-state index contributed by atoms with van der Waals surface area (Å²) in [6, 6.07) is 10.6. The van der Waals surface area contributed by atoms with Crippen LogP contribution in [0.4, 0.5) is 0 Å². The molecule has 0 atom stereocenters. The first-order chi connectivity index (χ1) is 12.7. The van der Waals surface area contributed by atoms with E-state index in [1.807, 2.05) is 0 Å². The lowest BCUT2D eigenvalue weighted by atomic mass is 10.2. The highest BCUT2D eigenvalue weighted by Gasteiger charge is 2.22. The van der Waals surface area contributed by atoms with Crippen molar-refractivity contribution in [1.29, 1.82) is 0 Å². The van der Waals surface area contributed by atoms with Crippen LogP contribution in [0.25, 0.3) is 0 Å². The number of sulfonamides is 1. The largest absolute Gasteiger partial charge is 0.507 e. The van der Waals surface area contributed by atoms with E-state index in [0.717, 1.165) is 8.78 Å². The van der Waals surface area contributed by atoms with Crippen LogP contribution < -0.4 is 10.2 Å². The molecule has 0 spiro atoms. The number of amides is 1. The molecule has 2 aromatic rings. The van der Waals surface area contributed by atoms with Crippen molar-refractivity contribution >= 4 is 38.1 Å². The number of halogens is 1. The zero-order valence-electron chi connectivity index (χ0n) is 14.6. The number of carbonyl (C=O) groups excluding carboxylic acids is 1. The van der Waals surface area contributed by atoms with E-state index in [1.54, 1.807) is 12.1 Å². The molecule has 27 heavy (non-hydrogen) atoms. The second-order valence-corrected chi connectivity index (χ2v) is 8.39. The molecule has 0 aliphatic heterocycles. The van der Waals surface area contributed by atoms with Gasteiger partial charge in [0.1, 0.15) is 11.5 Å². The molecule has 1 amide bonds. The van der Waals surface area contributed by atoms with E-state index in [-0.39, 0.29) is 10.6 Å². The van der Waals surface area contributed by atoms with Crippen molar-refractivity contribution in [3.63, 3.8) is 0 Å². The van der Waals surface area contributed by atoms with E-state index < -0.39 is 22.5 Å². The Balaban J connectivity index is 1.99. The van der Waals surface area contributed by atoms with Crippen LogP contribution in [0.2, 0.25) is 0 Å². The highest BCUT2D eigenvalue weighted by Crippen LogP contribution is 2.20. The number of phenolic OH excluding ortho intramolecular Hbond substituents is 1. The number of rotatable bonds is 7. The summed E-state index contributed by atoms with van der Waals surface area (Å²) in [5.41, 5.74) is 2.62. The Morgan fingerprint density at radius 3 is 2.59 bits per heavy atom. The summed E-state index contributed by atoms with van der Waals surface area (Å²) >= 11 is 3.26. The van der Waals surface area contributed by atoms with Crippen LogP contribution in [0, 0.1) is 0 Å². The average Bonchev–Trinajstić information content (AvgIpc) is 2.64. The minimum Gasteiger partial charge on any atom is -0.507 e. The van der Waals surface area contributed by atoms with Crippen LogP contribution in [0.15, 0.2) is 56.9 Å². The van der Waals surface area contributed by atoms with Gasteiger partial charge in [0.25, 0.3) is 5.91 Å². The Morgan fingerprint density at radius 1 is 1.30 bits per heavy atom. The van der Waals surface area contributed by atoms with Crippen molar-refractivity contribution in [1.82, 2.24) is 9.73 Å². The monoisotopic (exact) mass is 455 g/mol. The minimum atomic E-state index is -3.83. The summed E-state index contributed by atoms with van der Waals surface area (Å²) < 4.78 is 31.6. The first-order valence-corrected chi connectivity index (χ1v) is 9.88. The van der Waals surface area contributed by atoms with Crippen molar-refractivity contribution in [2.75, 3.05) is 20.7 Å². The maximum absolute atomic E-state index is 12.5. The fourth-order valence-electron chi connectivity index (χ4n) is 2.05. The molecule has 0 aromatic heterocycles. The van der Waals surface area contributed by atoms with Gasteiger partial charge in [0.2, 0.25) is 10.0 Å². The number of carbonyl (C=O) groups is 1. The van der Waals surface area contributed by atoms with Crippen LogP contribution >= 0.6 is 15.9 Å². The molecular weight excluding hydrogens is 438 g/mol. The molecule has 0 bridgehead atoms. The van der Waals surface area contributed by atoms with Gasteiger partial charge in [0.05, 0.1) is 24.8 Å². The summed E-state index contributed by atoms with van der Waals surface area (Å²) in [4.78, 5) is 12.0. The summed E-state index contributed by atoms with van der Waals surface area (Å²) in [5, 5.41) is 13.4. The van der Waals surface area contributed by atoms with Gasteiger partial charge in [-0.05, 0) is 42.5 Å². The van der Waals surface area contributed by atoms with Crippen LogP contribution in [0.3, 0.4) is 0 Å². The predicted molar refractivity (Wildman–Crippen MR) is 104 cm³/mol. The number of nitrogens with zero attached hydrogens (tertiary/aromatic N) is 2. The van der Waals surface area contributed by atoms with Crippen molar-refractivity contribution in [2.24, 2.45) is 5.10 Å². The highest BCUT2D eigenvalue weighted by molar-refractivity contribution is 9.10. The van der Waals surface area contributed by atoms with Gasteiger partial charge in [-0.3, -0.25) is 4.79 Å². The lowest BCUT2D eigenvalue weighted by Gasteiger charge is -2.16. The first-order valence-electron chi connectivity index (χ1n) is 7.65.